The van der Waals surface area contributed by atoms with Gasteiger partial charge in [0, 0.05) is 29.9 Å². The number of nitrogens with one attached hydrogen (secondary N) is 1. The molecular weight excluding hydrogens is 292 g/mol. The SMILES string of the molecule is O=C(NCCO)c1csc2c1C(=O)c1cnccc1C2=O. The quantitative estimate of drug-likeness (QED) is 0.740. The highest BCUT2D eigenvalue weighted by Crippen LogP contribution is 2.33. The third-order valence-corrected chi connectivity index (χ3v) is 4.16. The van der Waals surface area contributed by atoms with Crippen LogP contribution in [0.25, 0.3) is 0 Å². The lowest BCUT2D eigenvalue weighted by Crippen LogP contribution is -2.29. The first-order valence-electron chi connectivity index (χ1n) is 6.19. The molecule has 0 saturated carbocycles. The van der Waals surface area contributed by atoms with Crippen molar-refractivity contribution in [3.8, 4) is 0 Å². The lowest BCUT2D eigenvalue weighted by molar-refractivity contribution is 0.0932. The van der Waals surface area contributed by atoms with E-state index < -0.39 is 5.91 Å². The Morgan fingerprint density at radius 2 is 2.10 bits per heavy atom. The summed E-state index contributed by atoms with van der Waals surface area (Å²) >= 11 is 1.08. The number of nitrogens with zero attached hydrogens (tertiary/aromatic N) is 1. The maximum atomic E-state index is 12.5. The monoisotopic (exact) mass is 302 g/mol. The predicted octanol–water partition coefficient (Wildman–Crippen LogP) is 0.641. The average Bonchev–Trinajstić information content (AvgIpc) is 2.95. The van der Waals surface area contributed by atoms with Gasteiger partial charge in [-0.2, -0.15) is 0 Å². The number of carbonyl (C=O) groups excluding carboxylic acids is 3. The maximum absolute atomic E-state index is 12.5. The first kappa shape index (κ1) is 13.6. The summed E-state index contributed by atoms with van der Waals surface area (Å²) in [4.78, 5) is 41.0. The molecule has 1 aliphatic carbocycles. The molecule has 2 heterocycles. The molecule has 0 aromatic carbocycles. The predicted molar refractivity (Wildman–Crippen MR) is 74.8 cm³/mol. The van der Waals surface area contributed by atoms with Gasteiger partial charge in [0.05, 0.1) is 28.2 Å². The minimum atomic E-state index is -0.477. The van der Waals surface area contributed by atoms with E-state index in [1.165, 1.54) is 23.8 Å². The van der Waals surface area contributed by atoms with Crippen LogP contribution >= 0.6 is 11.3 Å². The maximum Gasteiger partial charge on any atom is 0.252 e. The first-order valence-corrected chi connectivity index (χ1v) is 7.07. The summed E-state index contributed by atoms with van der Waals surface area (Å²) in [5.74, 6) is -1.12. The van der Waals surface area contributed by atoms with Crippen LogP contribution < -0.4 is 5.32 Å². The minimum absolute atomic E-state index is 0.0870. The van der Waals surface area contributed by atoms with Crippen LogP contribution in [0.3, 0.4) is 0 Å². The molecule has 0 bridgehead atoms. The van der Waals surface area contributed by atoms with Crippen LogP contribution in [-0.4, -0.2) is 40.7 Å². The van der Waals surface area contributed by atoms with Gasteiger partial charge in [0.15, 0.2) is 5.78 Å². The molecule has 2 N–H and O–H groups in total. The number of carbonyl (C=O) groups is 3. The molecule has 0 spiro atoms. The summed E-state index contributed by atoms with van der Waals surface area (Å²) in [6.07, 6.45) is 2.79. The number of rotatable bonds is 3. The third-order valence-electron chi connectivity index (χ3n) is 3.18. The Hall–Kier alpha value is -2.38. The number of ketones is 2. The van der Waals surface area contributed by atoms with Crippen LogP contribution in [0.4, 0.5) is 0 Å². The van der Waals surface area contributed by atoms with E-state index in [2.05, 4.69) is 10.3 Å². The molecule has 21 heavy (non-hydrogen) atoms. The highest BCUT2D eigenvalue weighted by molar-refractivity contribution is 7.13. The Kier molecular flexibility index (Phi) is 3.36. The number of amides is 1. The van der Waals surface area contributed by atoms with Crippen LogP contribution in [-0.2, 0) is 0 Å². The van der Waals surface area contributed by atoms with E-state index >= 15 is 0 Å². The molecule has 2 aromatic heterocycles. The van der Waals surface area contributed by atoms with Crippen molar-refractivity contribution in [1.82, 2.24) is 10.3 Å². The van der Waals surface area contributed by atoms with Crippen LogP contribution in [0.15, 0.2) is 23.8 Å². The first-order chi connectivity index (χ1) is 10.1. The Morgan fingerprint density at radius 3 is 2.86 bits per heavy atom. The van der Waals surface area contributed by atoms with Gasteiger partial charge in [0.1, 0.15) is 0 Å². The van der Waals surface area contributed by atoms with Gasteiger partial charge in [-0.3, -0.25) is 19.4 Å². The molecule has 0 saturated heterocycles. The zero-order chi connectivity index (χ0) is 15.0. The summed E-state index contributed by atoms with van der Waals surface area (Å²) in [5, 5.41) is 12.7. The standard InChI is InChI=1S/C14H10N2O4S/c17-4-3-16-14(20)9-6-21-13-10(9)11(18)8-5-15-2-1-7(8)12(13)19/h1-2,5-6,17H,3-4H2,(H,16,20). The van der Waals surface area contributed by atoms with Gasteiger partial charge in [-0.05, 0) is 6.07 Å². The fourth-order valence-electron chi connectivity index (χ4n) is 2.21. The van der Waals surface area contributed by atoms with Crippen molar-refractivity contribution in [1.29, 1.82) is 0 Å². The second kappa shape index (κ2) is 5.19. The molecular formula is C14H10N2O4S. The molecule has 0 fully saturated rings. The van der Waals surface area contributed by atoms with E-state index in [4.69, 9.17) is 5.11 Å². The third kappa shape index (κ3) is 2.07. The van der Waals surface area contributed by atoms with Crippen molar-refractivity contribution in [2.45, 2.75) is 0 Å². The smallest absolute Gasteiger partial charge is 0.252 e. The van der Waals surface area contributed by atoms with E-state index in [-0.39, 0.29) is 46.3 Å². The Balaban J connectivity index is 2.09. The molecule has 106 valence electrons. The molecule has 0 unspecified atom stereocenters. The number of aliphatic hydroxyl groups excluding tert-OH is 1. The highest BCUT2D eigenvalue weighted by atomic mass is 32.1. The lowest BCUT2D eigenvalue weighted by Gasteiger charge is -2.14. The van der Waals surface area contributed by atoms with Crippen LogP contribution in [0, 0.1) is 0 Å². The fourth-order valence-corrected chi connectivity index (χ4v) is 3.21. The average molecular weight is 302 g/mol. The largest absolute Gasteiger partial charge is 0.395 e. The number of aliphatic hydroxyl groups is 1. The van der Waals surface area contributed by atoms with Gasteiger partial charge in [0.2, 0.25) is 5.78 Å². The van der Waals surface area contributed by atoms with Crippen molar-refractivity contribution in [3.63, 3.8) is 0 Å². The van der Waals surface area contributed by atoms with Gasteiger partial charge in [-0.15, -0.1) is 11.3 Å². The van der Waals surface area contributed by atoms with Crippen molar-refractivity contribution >= 4 is 28.8 Å². The zero-order valence-electron chi connectivity index (χ0n) is 10.8. The Morgan fingerprint density at radius 1 is 1.29 bits per heavy atom. The number of aromatic nitrogens is 1. The summed E-state index contributed by atoms with van der Waals surface area (Å²) in [5.41, 5.74) is 0.813. The van der Waals surface area contributed by atoms with E-state index in [1.54, 1.807) is 0 Å². The van der Waals surface area contributed by atoms with Crippen molar-refractivity contribution < 1.29 is 19.5 Å². The summed E-state index contributed by atoms with van der Waals surface area (Å²) in [6, 6.07) is 1.50. The molecule has 0 radical (unpaired) electrons. The number of hydrogen-bond donors (Lipinski definition) is 2. The number of thiophene rings is 1. The second-order valence-corrected chi connectivity index (χ2v) is 5.29. The topological polar surface area (TPSA) is 96.4 Å². The van der Waals surface area contributed by atoms with Crippen molar-refractivity contribution in [2.75, 3.05) is 13.2 Å². The fraction of sp³-hybridized carbons (Fsp3) is 0.143. The Bertz CT molecular complexity index is 766. The minimum Gasteiger partial charge on any atom is -0.395 e. The van der Waals surface area contributed by atoms with Gasteiger partial charge in [-0.1, -0.05) is 0 Å². The molecule has 2 aromatic rings. The molecule has 0 atom stereocenters. The molecule has 1 amide bonds. The molecule has 6 nitrogen and oxygen atoms in total. The molecule has 7 heteroatoms. The van der Waals surface area contributed by atoms with Crippen LogP contribution in [0.5, 0.6) is 0 Å². The van der Waals surface area contributed by atoms with E-state index in [9.17, 15) is 14.4 Å². The Labute approximate surface area is 123 Å². The lowest BCUT2D eigenvalue weighted by atomic mass is 9.88. The normalized spacial score (nSPS) is 12.8. The van der Waals surface area contributed by atoms with E-state index in [0.717, 1.165) is 11.3 Å². The zero-order valence-corrected chi connectivity index (χ0v) is 11.6. The molecule has 1 aliphatic rings. The van der Waals surface area contributed by atoms with Crippen molar-refractivity contribution in [2.24, 2.45) is 0 Å². The number of pyridine rings is 1. The summed E-state index contributed by atoms with van der Waals surface area (Å²) in [7, 11) is 0. The van der Waals surface area contributed by atoms with Gasteiger partial charge >= 0.3 is 0 Å². The van der Waals surface area contributed by atoms with Crippen molar-refractivity contribution in [3.05, 3.63) is 51.0 Å². The van der Waals surface area contributed by atoms with Gasteiger partial charge in [0.25, 0.3) is 5.91 Å². The second-order valence-electron chi connectivity index (χ2n) is 4.41. The highest BCUT2D eigenvalue weighted by Gasteiger charge is 2.35. The van der Waals surface area contributed by atoms with Crippen LogP contribution in [0.2, 0.25) is 0 Å². The molecule has 3 rings (SSSR count). The number of fused-ring (bicyclic) bond motifs is 2. The number of hydrogen-bond acceptors (Lipinski definition) is 6. The van der Waals surface area contributed by atoms with Gasteiger partial charge < -0.3 is 10.4 Å². The van der Waals surface area contributed by atoms with Crippen LogP contribution in [0.1, 0.15) is 41.5 Å². The van der Waals surface area contributed by atoms with E-state index in [0.29, 0.717) is 5.56 Å². The summed E-state index contributed by atoms with van der Waals surface area (Å²) in [6.45, 7) is -0.110. The van der Waals surface area contributed by atoms with Gasteiger partial charge in [-0.25, -0.2) is 0 Å². The summed E-state index contributed by atoms with van der Waals surface area (Å²) < 4.78 is 0. The van der Waals surface area contributed by atoms with E-state index in [1.807, 2.05) is 0 Å². The molecule has 0 aliphatic heterocycles.